The van der Waals surface area contributed by atoms with Gasteiger partial charge in [0, 0.05) is 0 Å². The fraction of sp³-hybridized carbons (Fsp3) is 0.941. The van der Waals surface area contributed by atoms with Crippen molar-refractivity contribution in [3.05, 3.63) is 0 Å². The van der Waals surface area contributed by atoms with Crippen molar-refractivity contribution < 1.29 is 5.11 Å². The summed E-state index contributed by atoms with van der Waals surface area (Å²) in [6.45, 7) is 4.34. The van der Waals surface area contributed by atoms with E-state index in [0.29, 0.717) is 0 Å². The molecule has 0 heterocycles. The van der Waals surface area contributed by atoms with Crippen molar-refractivity contribution >= 4 is 0 Å². The van der Waals surface area contributed by atoms with Gasteiger partial charge in [0.1, 0.15) is 0 Å². The molecule has 1 N–H and O–H groups in total. The van der Waals surface area contributed by atoms with Crippen LogP contribution in [0.4, 0.5) is 0 Å². The molecular formula is C17H29NO. The quantitative estimate of drug-likeness (QED) is 0.753. The molecule has 0 aromatic carbocycles. The van der Waals surface area contributed by atoms with Gasteiger partial charge in [-0.2, -0.15) is 5.26 Å². The van der Waals surface area contributed by atoms with Gasteiger partial charge in [0.05, 0.1) is 17.1 Å². The summed E-state index contributed by atoms with van der Waals surface area (Å²) < 4.78 is 0. The van der Waals surface area contributed by atoms with E-state index in [9.17, 15) is 10.4 Å². The van der Waals surface area contributed by atoms with Gasteiger partial charge in [0.25, 0.3) is 0 Å². The lowest BCUT2D eigenvalue weighted by molar-refractivity contribution is -0.171. The molecule has 0 spiro atoms. The molecule has 0 saturated heterocycles. The molecule has 2 aliphatic carbocycles. The molecule has 2 aliphatic rings. The first-order valence-electron chi connectivity index (χ1n) is 8.11. The van der Waals surface area contributed by atoms with E-state index in [-0.39, 0.29) is 5.41 Å². The summed E-state index contributed by atoms with van der Waals surface area (Å²) in [5, 5.41) is 21.4. The molecule has 1 unspecified atom stereocenters. The van der Waals surface area contributed by atoms with Gasteiger partial charge in [-0.25, -0.2) is 0 Å². The SMILES string of the molecule is CC1(C)CCCCC1(O)C1(C#N)CCCCCCC1. The van der Waals surface area contributed by atoms with Gasteiger partial charge in [-0.05, 0) is 31.1 Å². The third-order valence-electron chi connectivity index (χ3n) is 5.92. The zero-order chi connectivity index (χ0) is 14.0. The minimum atomic E-state index is -0.787. The van der Waals surface area contributed by atoms with Crippen LogP contribution in [-0.2, 0) is 0 Å². The van der Waals surface area contributed by atoms with Crippen molar-refractivity contribution in [1.82, 2.24) is 0 Å². The third-order valence-corrected chi connectivity index (χ3v) is 5.92. The van der Waals surface area contributed by atoms with E-state index >= 15 is 0 Å². The second kappa shape index (κ2) is 5.44. The molecule has 0 aromatic heterocycles. The van der Waals surface area contributed by atoms with Crippen LogP contribution in [0.25, 0.3) is 0 Å². The number of nitrogens with zero attached hydrogens (tertiary/aromatic N) is 1. The summed E-state index contributed by atoms with van der Waals surface area (Å²) in [6.07, 6.45) is 11.9. The number of hydrogen-bond acceptors (Lipinski definition) is 2. The fourth-order valence-electron chi connectivity index (χ4n) is 4.51. The largest absolute Gasteiger partial charge is 0.388 e. The molecule has 19 heavy (non-hydrogen) atoms. The Balaban J connectivity index is 2.34. The highest BCUT2D eigenvalue weighted by Crippen LogP contribution is 2.57. The molecule has 2 rings (SSSR count). The molecule has 0 aliphatic heterocycles. The monoisotopic (exact) mass is 263 g/mol. The highest BCUT2D eigenvalue weighted by Gasteiger charge is 2.58. The van der Waals surface area contributed by atoms with Crippen molar-refractivity contribution in [2.24, 2.45) is 10.8 Å². The molecule has 2 heteroatoms. The summed E-state index contributed by atoms with van der Waals surface area (Å²) >= 11 is 0. The molecule has 0 radical (unpaired) electrons. The van der Waals surface area contributed by atoms with Crippen molar-refractivity contribution in [3.8, 4) is 6.07 Å². The Labute approximate surface area is 118 Å². The van der Waals surface area contributed by atoms with Gasteiger partial charge in [-0.1, -0.05) is 58.8 Å². The Morgan fingerprint density at radius 3 is 1.79 bits per heavy atom. The molecule has 108 valence electrons. The zero-order valence-corrected chi connectivity index (χ0v) is 12.7. The highest BCUT2D eigenvalue weighted by molar-refractivity contribution is 5.17. The summed E-state index contributed by atoms with van der Waals surface area (Å²) in [7, 11) is 0. The Morgan fingerprint density at radius 2 is 1.26 bits per heavy atom. The first-order chi connectivity index (χ1) is 8.97. The summed E-state index contributed by atoms with van der Waals surface area (Å²) in [6, 6.07) is 2.60. The van der Waals surface area contributed by atoms with Gasteiger partial charge in [-0.15, -0.1) is 0 Å². The zero-order valence-electron chi connectivity index (χ0n) is 12.7. The maximum absolute atomic E-state index is 11.5. The first kappa shape index (κ1) is 14.9. The van der Waals surface area contributed by atoms with Crippen LogP contribution in [0.5, 0.6) is 0 Å². The van der Waals surface area contributed by atoms with Crippen LogP contribution in [-0.4, -0.2) is 10.7 Å². The van der Waals surface area contributed by atoms with E-state index in [1.807, 2.05) is 0 Å². The lowest BCUT2D eigenvalue weighted by Crippen LogP contribution is -2.59. The Hall–Kier alpha value is -0.550. The maximum atomic E-state index is 11.5. The second-order valence-electron chi connectivity index (χ2n) is 7.41. The van der Waals surface area contributed by atoms with E-state index in [0.717, 1.165) is 44.9 Å². The number of hydrogen-bond donors (Lipinski definition) is 1. The van der Waals surface area contributed by atoms with Crippen molar-refractivity contribution in [3.63, 3.8) is 0 Å². The Kier molecular flexibility index (Phi) is 4.26. The van der Waals surface area contributed by atoms with E-state index in [1.165, 1.54) is 25.7 Å². The minimum Gasteiger partial charge on any atom is -0.388 e. The average Bonchev–Trinajstić information content (AvgIpc) is 2.33. The predicted octanol–water partition coefficient (Wildman–Crippen LogP) is 4.57. The van der Waals surface area contributed by atoms with Crippen LogP contribution in [0.1, 0.15) is 84.5 Å². The minimum absolute atomic E-state index is 0.125. The number of nitriles is 1. The fourth-order valence-corrected chi connectivity index (χ4v) is 4.51. The number of rotatable bonds is 1. The summed E-state index contributed by atoms with van der Waals surface area (Å²) in [5.74, 6) is 0. The second-order valence-corrected chi connectivity index (χ2v) is 7.41. The van der Waals surface area contributed by atoms with Crippen LogP contribution >= 0.6 is 0 Å². The lowest BCUT2D eigenvalue weighted by atomic mass is 9.51. The Morgan fingerprint density at radius 1 is 0.789 bits per heavy atom. The molecular weight excluding hydrogens is 234 g/mol. The van der Waals surface area contributed by atoms with Crippen LogP contribution < -0.4 is 0 Å². The average molecular weight is 263 g/mol. The smallest absolute Gasteiger partial charge is 0.0883 e. The first-order valence-corrected chi connectivity index (χ1v) is 8.11. The van der Waals surface area contributed by atoms with E-state index in [4.69, 9.17) is 0 Å². The van der Waals surface area contributed by atoms with Gasteiger partial charge in [0.2, 0.25) is 0 Å². The highest BCUT2D eigenvalue weighted by atomic mass is 16.3. The molecule has 2 saturated carbocycles. The molecule has 0 amide bonds. The predicted molar refractivity (Wildman–Crippen MR) is 77.6 cm³/mol. The van der Waals surface area contributed by atoms with Gasteiger partial charge in [-0.3, -0.25) is 0 Å². The van der Waals surface area contributed by atoms with E-state index < -0.39 is 11.0 Å². The summed E-state index contributed by atoms with van der Waals surface area (Å²) in [5.41, 5.74) is -1.41. The van der Waals surface area contributed by atoms with Crippen LogP contribution in [0.15, 0.2) is 0 Å². The molecule has 0 bridgehead atoms. The van der Waals surface area contributed by atoms with Gasteiger partial charge >= 0.3 is 0 Å². The molecule has 1 atom stereocenters. The van der Waals surface area contributed by atoms with Gasteiger partial charge < -0.3 is 5.11 Å². The van der Waals surface area contributed by atoms with Gasteiger partial charge in [0.15, 0.2) is 0 Å². The molecule has 0 aromatic rings. The van der Waals surface area contributed by atoms with E-state index in [2.05, 4.69) is 19.9 Å². The van der Waals surface area contributed by atoms with E-state index in [1.54, 1.807) is 0 Å². The molecule has 2 nitrogen and oxygen atoms in total. The van der Waals surface area contributed by atoms with Crippen molar-refractivity contribution in [1.29, 1.82) is 5.26 Å². The third kappa shape index (κ3) is 2.42. The van der Waals surface area contributed by atoms with Crippen LogP contribution in [0, 0.1) is 22.2 Å². The topological polar surface area (TPSA) is 44.0 Å². The van der Waals surface area contributed by atoms with Crippen molar-refractivity contribution in [2.75, 3.05) is 0 Å². The number of aliphatic hydroxyl groups is 1. The Bertz CT molecular complexity index is 347. The maximum Gasteiger partial charge on any atom is 0.0883 e. The normalized spacial score (nSPS) is 34.8. The lowest BCUT2D eigenvalue weighted by Gasteiger charge is -2.55. The standard InChI is InChI=1S/C17H29NO/c1-15(2)10-8-9-13-17(15,19)16(14-18)11-6-4-3-5-7-12-16/h19H,3-13H2,1-2H3. The van der Waals surface area contributed by atoms with Crippen LogP contribution in [0.2, 0.25) is 0 Å². The van der Waals surface area contributed by atoms with Crippen LogP contribution in [0.3, 0.4) is 0 Å². The van der Waals surface area contributed by atoms with Crippen molar-refractivity contribution in [2.45, 2.75) is 90.1 Å². The summed E-state index contributed by atoms with van der Waals surface area (Å²) in [4.78, 5) is 0. The molecule has 2 fully saturated rings.